The van der Waals surface area contributed by atoms with E-state index in [1.165, 1.54) is 11.3 Å². The standard InChI is InChI=1S/C12H19NO2S/c1-8-5-6-9(16-8)11(15)13-7-10(14)12(2,3)4/h5-6,10,14H,7H2,1-4H3,(H,13,15). The fourth-order valence-corrected chi connectivity index (χ4v) is 1.92. The van der Waals surface area contributed by atoms with Crippen molar-refractivity contribution < 1.29 is 9.90 Å². The molecule has 1 atom stereocenters. The molecular formula is C12H19NO2S. The highest BCUT2D eigenvalue weighted by atomic mass is 32.1. The van der Waals surface area contributed by atoms with Gasteiger partial charge >= 0.3 is 0 Å². The normalized spacial score (nSPS) is 13.6. The summed E-state index contributed by atoms with van der Waals surface area (Å²) >= 11 is 1.46. The zero-order chi connectivity index (χ0) is 12.3. The maximum Gasteiger partial charge on any atom is 0.261 e. The Kier molecular flexibility index (Phi) is 4.10. The summed E-state index contributed by atoms with van der Waals surface area (Å²) in [5, 5.41) is 12.5. The second-order valence-electron chi connectivity index (χ2n) is 5.00. The smallest absolute Gasteiger partial charge is 0.261 e. The number of carbonyl (C=O) groups excluding carboxylic acids is 1. The molecular weight excluding hydrogens is 222 g/mol. The molecule has 0 saturated heterocycles. The van der Waals surface area contributed by atoms with Crippen LogP contribution in [0.3, 0.4) is 0 Å². The van der Waals surface area contributed by atoms with E-state index in [0.29, 0.717) is 11.4 Å². The summed E-state index contributed by atoms with van der Waals surface area (Å²) in [5.41, 5.74) is -0.210. The molecule has 0 bridgehead atoms. The molecule has 1 unspecified atom stereocenters. The molecule has 1 heterocycles. The Bertz CT molecular complexity index is 365. The van der Waals surface area contributed by atoms with Gasteiger partial charge in [-0.15, -0.1) is 11.3 Å². The molecule has 0 aliphatic rings. The summed E-state index contributed by atoms with van der Waals surface area (Å²) in [4.78, 5) is 13.5. The van der Waals surface area contributed by atoms with Crippen molar-refractivity contribution in [1.82, 2.24) is 5.32 Å². The van der Waals surface area contributed by atoms with Crippen LogP contribution in [0, 0.1) is 12.3 Å². The number of aliphatic hydroxyl groups is 1. The molecule has 0 spiro atoms. The van der Waals surface area contributed by atoms with Crippen LogP contribution in [0.15, 0.2) is 12.1 Å². The Morgan fingerprint density at radius 3 is 2.56 bits per heavy atom. The van der Waals surface area contributed by atoms with Crippen molar-refractivity contribution in [3.05, 3.63) is 21.9 Å². The minimum atomic E-state index is -0.530. The van der Waals surface area contributed by atoms with Crippen LogP contribution in [0.2, 0.25) is 0 Å². The Morgan fingerprint density at radius 1 is 1.50 bits per heavy atom. The number of rotatable bonds is 3. The Hall–Kier alpha value is -0.870. The number of hydrogen-bond acceptors (Lipinski definition) is 3. The lowest BCUT2D eigenvalue weighted by atomic mass is 9.89. The molecule has 0 saturated carbocycles. The number of aryl methyl sites for hydroxylation is 1. The van der Waals surface area contributed by atoms with Gasteiger partial charge in [0.1, 0.15) is 0 Å². The van der Waals surface area contributed by atoms with Crippen molar-refractivity contribution in [3.8, 4) is 0 Å². The SMILES string of the molecule is Cc1ccc(C(=O)NCC(O)C(C)(C)C)s1. The molecule has 0 aliphatic heterocycles. The van der Waals surface area contributed by atoms with E-state index >= 15 is 0 Å². The summed E-state index contributed by atoms with van der Waals surface area (Å²) in [6.07, 6.45) is -0.530. The van der Waals surface area contributed by atoms with E-state index in [1.54, 1.807) is 6.07 Å². The molecule has 2 N–H and O–H groups in total. The van der Waals surface area contributed by atoms with Gasteiger partial charge in [0.15, 0.2) is 0 Å². The third-order valence-electron chi connectivity index (χ3n) is 2.42. The Balaban J connectivity index is 2.48. The van der Waals surface area contributed by atoms with Gasteiger partial charge in [-0.2, -0.15) is 0 Å². The van der Waals surface area contributed by atoms with Gasteiger partial charge < -0.3 is 10.4 Å². The van der Waals surface area contributed by atoms with Gasteiger partial charge in [-0.05, 0) is 24.5 Å². The fraction of sp³-hybridized carbons (Fsp3) is 0.583. The first kappa shape index (κ1) is 13.2. The van der Waals surface area contributed by atoms with Crippen molar-refractivity contribution in [3.63, 3.8) is 0 Å². The van der Waals surface area contributed by atoms with Gasteiger partial charge in [0.05, 0.1) is 11.0 Å². The van der Waals surface area contributed by atoms with Crippen molar-refractivity contribution in [2.24, 2.45) is 5.41 Å². The Morgan fingerprint density at radius 2 is 2.12 bits per heavy atom. The summed E-state index contributed by atoms with van der Waals surface area (Å²) in [7, 11) is 0. The Labute approximate surface area is 100 Å². The number of aliphatic hydroxyl groups excluding tert-OH is 1. The van der Waals surface area contributed by atoms with Gasteiger partial charge in [0.25, 0.3) is 5.91 Å². The van der Waals surface area contributed by atoms with Crippen LogP contribution in [-0.2, 0) is 0 Å². The van der Waals surface area contributed by atoms with Crippen LogP contribution in [0.5, 0.6) is 0 Å². The topological polar surface area (TPSA) is 49.3 Å². The number of carbonyl (C=O) groups is 1. The van der Waals surface area contributed by atoms with Gasteiger partial charge in [0.2, 0.25) is 0 Å². The third kappa shape index (κ3) is 3.61. The molecule has 0 aromatic carbocycles. The second kappa shape index (κ2) is 4.97. The first-order valence-corrected chi connectivity index (χ1v) is 6.15. The highest BCUT2D eigenvalue weighted by molar-refractivity contribution is 7.13. The molecule has 0 aliphatic carbocycles. The average Bonchev–Trinajstić information content (AvgIpc) is 2.59. The molecule has 0 radical (unpaired) electrons. The summed E-state index contributed by atoms with van der Waals surface area (Å²) in [6.45, 7) is 8.09. The van der Waals surface area contributed by atoms with E-state index < -0.39 is 6.10 Å². The van der Waals surface area contributed by atoms with Gasteiger partial charge in [-0.25, -0.2) is 0 Å². The first-order valence-electron chi connectivity index (χ1n) is 5.33. The zero-order valence-corrected chi connectivity index (χ0v) is 11.0. The lowest BCUT2D eigenvalue weighted by Gasteiger charge is -2.25. The van der Waals surface area contributed by atoms with Gasteiger partial charge in [0, 0.05) is 11.4 Å². The molecule has 1 amide bonds. The van der Waals surface area contributed by atoms with Crippen LogP contribution in [0.1, 0.15) is 35.3 Å². The molecule has 90 valence electrons. The summed E-state index contributed by atoms with van der Waals surface area (Å²) in [6, 6.07) is 3.72. The highest BCUT2D eigenvalue weighted by Crippen LogP contribution is 2.19. The molecule has 1 aromatic rings. The largest absolute Gasteiger partial charge is 0.391 e. The molecule has 16 heavy (non-hydrogen) atoms. The lowest BCUT2D eigenvalue weighted by Crippen LogP contribution is -2.39. The van der Waals surface area contributed by atoms with Crippen molar-refractivity contribution in [2.45, 2.75) is 33.8 Å². The lowest BCUT2D eigenvalue weighted by molar-refractivity contribution is 0.0588. The van der Waals surface area contributed by atoms with E-state index in [-0.39, 0.29) is 11.3 Å². The van der Waals surface area contributed by atoms with Crippen molar-refractivity contribution in [2.75, 3.05) is 6.54 Å². The van der Waals surface area contributed by atoms with Crippen LogP contribution in [-0.4, -0.2) is 23.7 Å². The first-order chi connectivity index (χ1) is 7.30. The predicted octanol–water partition coefficient (Wildman–Crippen LogP) is 2.19. The summed E-state index contributed by atoms with van der Waals surface area (Å²) < 4.78 is 0. The minimum Gasteiger partial charge on any atom is -0.391 e. The van der Waals surface area contributed by atoms with Crippen molar-refractivity contribution in [1.29, 1.82) is 0 Å². The molecule has 4 heteroatoms. The zero-order valence-electron chi connectivity index (χ0n) is 10.2. The second-order valence-corrected chi connectivity index (χ2v) is 6.29. The fourth-order valence-electron chi connectivity index (χ4n) is 1.14. The van der Waals surface area contributed by atoms with Crippen LogP contribution < -0.4 is 5.32 Å². The monoisotopic (exact) mass is 241 g/mol. The average molecular weight is 241 g/mol. The maximum atomic E-state index is 11.7. The maximum absolute atomic E-state index is 11.7. The van der Waals surface area contributed by atoms with E-state index in [1.807, 2.05) is 33.8 Å². The van der Waals surface area contributed by atoms with Gasteiger partial charge in [-0.3, -0.25) is 4.79 Å². The molecule has 0 fully saturated rings. The van der Waals surface area contributed by atoms with Crippen LogP contribution in [0.25, 0.3) is 0 Å². The van der Waals surface area contributed by atoms with Crippen LogP contribution in [0.4, 0.5) is 0 Å². The number of thiophene rings is 1. The van der Waals surface area contributed by atoms with E-state index in [2.05, 4.69) is 5.32 Å². The third-order valence-corrected chi connectivity index (χ3v) is 3.42. The molecule has 1 rings (SSSR count). The minimum absolute atomic E-state index is 0.110. The van der Waals surface area contributed by atoms with Gasteiger partial charge in [-0.1, -0.05) is 20.8 Å². The van der Waals surface area contributed by atoms with E-state index in [0.717, 1.165) is 4.88 Å². The van der Waals surface area contributed by atoms with E-state index in [4.69, 9.17) is 0 Å². The number of hydrogen-bond donors (Lipinski definition) is 2. The van der Waals surface area contributed by atoms with E-state index in [9.17, 15) is 9.90 Å². The van der Waals surface area contributed by atoms with Crippen LogP contribution >= 0.6 is 11.3 Å². The summed E-state index contributed by atoms with van der Waals surface area (Å²) in [5.74, 6) is -0.110. The predicted molar refractivity (Wildman–Crippen MR) is 66.9 cm³/mol. The quantitative estimate of drug-likeness (QED) is 0.852. The molecule has 1 aromatic heterocycles. The highest BCUT2D eigenvalue weighted by Gasteiger charge is 2.22. The molecule has 3 nitrogen and oxygen atoms in total. The number of nitrogens with one attached hydrogen (secondary N) is 1. The van der Waals surface area contributed by atoms with Crippen molar-refractivity contribution >= 4 is 17.2 Å². The number of amides is 1.